The van der Waals surface area contributed by atoms with Crippen LogP contribution in [0.5, 0.6) is 0 Å². The number of carbonyl (C=O) groups excluding carboxylic acids is 1. The molecule has 8 heteroatoms. The Morgan fingerprint density at radius 1 is 1.25 bits per heavy atom. The van der Waals surface area contributed by atoms with Gasteiger partial charge >= 0.3 is 5.97 Å². The predicted octanol–water partition coefficient (Wildman–Crippen LogP) is 3.19. The molecule has 2 atom stereocenters. The van der Waals surface area contributed by atoms with E-state index in [1.807, 2.05) is 33.9 Å². The zero-order valence-corrected chi connectivity index (χ0v) is 15.9. The van der Waals surface area contributed by atoms with E-state index in [0.29, 0.717) is 5.56 Å². The maximum Gasteiger partial charge on any atom is 0.337 e. The van der Waals surface area contributed by atoms with Crippen molar-refractivity contribution in [3.05, 3.63) is 39.9 Å². The molecule has 0 aliphatic rings. The molecular weight excluding hydrogens is 330 g/mol. The van der Waals surface area contributed by atoms with Crippen LogP contribution in [0.1, 0.15) is 32.4 Å². The zero-order chi connectivity index (χ0) is 18.7. The SMILES string of the molecule is COC(=O)[C@@H](O)[C@H](O[Si](C)(C)C(C)(C)C)c1ccc([N+](=O)[O-])cc1. The van der Waals surface area contributed by atoms with E-state index in [4.69, 9.17) is 4.43 Å². The Balaban J connectivity index is 3.23. The summed E-state index contributed by atoms with van der Waals surface area (Å²) >= 11 is 0. The highest BCUT2D eigenvalue weighted by molar-refractivity contribution is 6.74. The number of aliphatic hydroxyl groups is 1. The topological polar surface area (TPSA) is 98.9 Å². The Bertz CT molecular complexity index is 594. The first kappa shape index (κ1) is 20.3. The number of esters is 1. The van der Waals surface area contributed by atoms with E-state index in [2.05, 4.69) is 4.74 Å². The molecule has 0 spiro atoms. The number of methoxy groups -OCH3 is 1. The van der Waals surface area contributed by atoms with Crippen LogP contribution in [0, 0.1) is 10.1 Å². The van der Waals surface area contributed by atoms with Crippen LogP contribution in [0.2, 0.25) is 18.1 Å². The summed E-state index contributed by atoms with van der Waals surface area (Å²) < 4.78 is 10.8. The van der Waals surface area contributed by atoms with Crippen LogP contribution in [0.25, 0.3) is 0 Å². The normalized spacial score (nSPS) is 14.8. The summed E-state index contributed by atoms with van der Waals surface area (Å²) in [4.78, 5) is 22.1. The quantitative estimate of drug-likeness (QED) is 0.364. The number of aliphatic hydroxyl groups excluding tert-OH is 1. The summed E-state index contributed by atoms with van der Waals surface area (Å²) in [6.07, 6.45) is -2.45. The smallest absolute Gasteiger partial charge is 0.337 e. The van der Waals surface area contributed by atoms with Gasteiger partial charge in [0, 0.05) is 12.1 Å². The van der Waals surface area contributed by atoms with Crippen molar-refractivity contribution in [3.8, 4) is 0 Å². The van der Waals surface area contributed by atoms with E-state index >= 15 is 0 Å². The molecule has 0 saturated heterocycles. The summed E-state index contributed by atoms with van der Waals surface area (Å²) in [5.41, 5.74) is 0.417. The van der Waals surface area contributed by atoms with E-state index < -0.39 is 31.4 Å². The van der Waals surface area contributed by atoms with Gasteiger partial charge in [-0.1, -0.05) is 20.8 Å². The number of non-ortho nitro benzene ring substituents is 1. The molecule has 24 heavy (non-hydrogen) atoms. The van der Waals surface area contributed by atoms with Gasteiger partial charge in [-0.2, -0.15) is 0 Å². The first-order valence-corrected chi connectivity index (χ1v) is 10.5. The van der Waals surface area contributed by atoms with Gasteiger partial charge in [0.25, 0.3) is 5.69 Å². The average molecular weight is 355 g/mol. The Morgan fingerprint density at radius 3 is 2.12 bits per heavy atom. The molecule has 0 fully saturated rings. The molecule has 7 nitrogen and oxygen atoms in total. The standard InChI is InChI=1S/C16H25NO6Si/c1-16(2,3)24(5,6)23-14(13(18)15(19)22-4)11-7-9-12(10-8-11)17(20)21/h7-10,13-14,18H,1-6H3/t13-,14+/m0/s1. The van der Waals surface area contributed by atoms with Crippen LogP contribution in [-0.4, -0.2) is 37.5 Å². The fourth-order valence-corrected chi connectivity index (χ4v) is 3.09. The number of nitro benzene ring substituents is 1. The van der Waals surface area contributed by atoms with Crippen LogP contribution < -0.4 is 0 Å². The molecule has 0 radical (unpaired) electrons. The van der Waals surface area contributed by atoms with Gasteiger partial charge in [-0.05, 0) is 35.8 Å². The van der Waals surface area contributed by atoms with Gasteiger partial charge in [-0.25, -0.2) is 4.79 Å². The summed E-state index contributed by atoms with van der Waals surface area (Å²) in [6.45, 7) is 10.1. The fourth-order valence-electron chi connectivity index (χ4n) is 1.84. The molecular formula is C16H25NO6Si. The van der Waals surface area contributed by atoms with Gasteiger partial charge < -0.3 is 14.3 Å². The molecule has 0 aliphatic carbocycles. The van der Waals surface area contributed by atoms with Crippen molar-refractivity contribution < 1.29 is 24.0 Å². The molecule has 0 heterocycles. The Kier molecular flexibility index (Phi) is 6.26. The van der Waals surface area contributed by atoms with E-state index in [-0.39, 0.29) is 10.7 Å². The Labute approximate surface area is 142 Å². The van der Waals surface area contributed by atoms with Crippen molar-refractivity contribution in [1.82, 2.24) is 0 Å². The lowest BCUT2D eigenvalue weighted by molar-refractivity contribution is -0.384. The van der Waals surface area contributed by atoms with Crippen LogP contribution in [0.3, 0.4) is 0 Å². The van der Waals surface area contributed by atoms with Crippen LogP contribution in [0.4, 0.5) is 5.69 Å². The molecule has 1 rings (SSSR count). The first-order chi connectivity index (χ1) is 10.9. The molecule has 0 unspecified atom stereocenters. The number of rotatable bonds is 6. The van der Waals surface area contributed by atoms with Crippen LogP contribution >= 0.6 is 0 Å². The van der Waals surface area contributed by atoms with Gasteiger partial charge in [-0.3, -0.25) is 10.1 Å². The highest BCUT2D eigenvalue weighted by atomic mass is 28.4. The van der Waals surface area contributed by atoms with Gasteiger partial charge in [0.05, 0.1) is 12.0 Å². The summed E-state index contributed by atoms with van der Waals surface area (Å²) in [5, 5.41) is 21.0. The number of nitrogens with zero attached hydrogens (tertiary/aromatic N) is 1. The van der Waals surface area contributed by atoms with E-state index in [0.717, 1.165) is 0 Å². The molecule has 1 aromatic carbocycles. The average Bonchev–Trinajstić information content (AvgIpc) is 2.50. The number of nitro groups is 1. The number of carbonyl (C=O) groups is 1. The molecule has 0 saturated carbocycles. The van der Waals surface area contributed by atoms with Crippen LogP contribution in [-0.2, 0) is 14.0 Å². The highest BCUT2D eigenvalue weighted by Gasteiger charge is 2.42. The van der Waals surface area contributed by atoms with Gasteiger partial charge in [0.1, 0.15) is 6.10 Å². The van der Waals surface area contributed by atoms with Gasteiger partial charge in [-0.15, -0.1) is 0 Å². The third-order valence-corrected chi connectivity index (χ3v) is 8.85. The molecule has 0 aliphatic heterocycles. The fraction of sp³-hybridized carbons (Fsp3) is 0.562. The van der Waals surface area contributed by atoms with Crippen molar-refractivity contribution in [2.24, 2.45) is 0 Å². The van der Waals surface area contributed by atoms with Crippen molar-refractivity contribution in [2.45, 2.75) is 51.1 Å². The lowest BCUT2D eigenvalue weighted by Gasteiger charge is -2.40. The lowest BCUT2D eigenvalue weighted by Crippen LogP contribution is -2.45. The van der Waals surface area contributed by atoms with Gasteiger partial charge in [0.15, 0.2) is 14.4 Å². The second-order valence-corrected chi connectivity index (χ2v) is 11.9. The molecule has 134 valence electrons. The molecule has 0 aromatic heterocycles. The van der Waals surface area contributed by atoms with Gasteiger partial charge in [0.2, 0.25) is 0 Å². The largest absolute Gasteiger partial charge is 0.467 e. The second-order valence-electron chi connectivity index (χ2n) is 7.12. The van der Waals surface area contributed by atoms with Crippen molar-refractivity contribution >= 4 is 20.0 Å². The third kappa shape index (κ3) is 4.62. The van der Waals surface area contributed by atoms with E-state index in [1.165, 1.54) is 31.4 Å². The number of benzene rings is 1. The van der Waals surface area contributed by atoms with Crippen molar-refractivity contribution in [3.63, 3.8) is 0 Å². The predicted molar refractivity (Wildman–Crippen MR) is 92.1 cm³/mol. The van der Waals surface area contributed by atoms with Crippen LogP contribution in [0.15, 0.2) is 24.3 Å². The maximum atomic E-state index is 11.8. The van der Waals surface area contributed by atoms with Crippen molar-refractivity contribution in [1.29, 1.82) is 0 Å². The monoisotopic (exact) mass is 355 g/mol. The van der Waals surface area contributed by atoms with Crippen molar-refractivity contribution in [2.75, 3.05) is 7.11 Å². The summed E-state index contributed by atoms with van der Waals surface area (Å²) in [6, 6.07) is 5.62. The van der Waals surface area contributed by atoms with E-state index in [1.54, 1.807) is 0 Å². The highest BCUT2D eigenvalue weighted by Crippen LogP contribution is 2.40. The molecule has 0 bridgehead atoms. The third-order valence-electron chi connectivity index (χ3n) is 4.39. The minimum absolute atomic E-state index is 0.0719. The second kappa shape index (κ2) is 7.41. The molecule has 1 aromatic rings. The molecule has 0 amide bonds. The summed E-state index contributed by atoms with van der Waals surface area (Å²) in [7, 11) is -1.12. The number of hydrogen-bond donors (Lipinski definition) is 1. The van der Waals surface area contributed by atoms with E-state index in [9.17, 15) is 20.0 Å². The number of ether oxygens (including phenoxy) is 1. The first-order valence-electron chi connectivity index (χ1n) is 7.59. The summed E-state index contributed by atoms with van der Waals surface area (Å²) in [5.74, 6) is -0.808. The Hall–Kier alpha value is -1.77. The zero-order valence-electron chi connectivity index (χ0n) is 14.9. The molecule has 1 N–H and O–H groups in total. The maximum absolute atomic E-state index is 11.8. The minimum Gasteiger partial charge on any atom is -0.467 e. The lowest BCUT2D eigenvalue weighted by atomic mass is 10.0. The Morgan fingerprint density at radius 2 is 1.75 bits per heavy atom. The number of hydrogen-bond acceptors (Lipinski definition) is 6. The minimum atomic E-state index is -2.31.